The number of hydrogen-bond donors (Lipinski definition) is 1. The van der Waals surface area contributed by atoms with Gasteiger partial charge in [0.05, 0.1) is 17.9 Å². The van der Waals surface area contributed by atoms with Crippen LogP contribution in [0, 0.1) is 12.7 Å². The van der Waals surface area contributed by atoms with Gasteiger partial charge in [0.1, 0.15) is 5.82 Å². The summed E-state index contributed by atoms with van der Waals surface area (Å²) in [5.41, 5.74) is 2.06. The molecule has 0 amide bonds. The average Bonchev–Trinajstić information content (AvgIpc) is 2.67. The van der Waals surface area contributed by atoms with Crippen LogP contribution in [-0.2, 0) is 13.6 Å². The molecule has 0 aliphatic carbocycles. The molecule has 2 rings (SSSR count). The van der Waals surface area contributed by atoms with Gasteiger partial charge in [-0.05, 0) is 24.6 Å². The lowest BCUT2D eigenvalue weighted by atomic mass is 10.2. The van der Waals surface area contributed by atoms with Gasteiger partial charge in [-0.1, -0.05) is 12.1 Å². The SMILES string of the molecule is Cc1cccc(NCc2ccn(C)n2)c1F. The van der Waals surface area contributed by atoms with E-state index in [9.17, 15) is 4.39 Å². The molecule has 0 saturated carbocycles. The molecule has 0 saturated heterocycles. The maximum absolute atomic E-state index is 13.6. The van der Waals surface area contributed by atoms with E-state index in [4.69, 9.17) is 0 Å². The molecule has 16 heavy (non-hydrogen) atoms. The molecule has 3 nitrogen and oxygen atoms in total. The number of benzene rings is 1. The Kier molecular flexibility index (Phi) is 2.90. The van der Waals surface area contributed by atoms with E-state index in [2.05, 4.69) is 10.4 Å². The van der Waals surface area contributed by atoms with E-state index in [-0.39, 0.29) is 5.82 Å². The van der Waals surface area contributed by atoms with E-state index in [1.165, 1.54) is 0 Å². The summed E-state index contributed by atoms with van der Waals surface area (Å²) in [4.78, 5) is 0. The molecule has 84 valence electrons. The average molecular weight is 219 g/mol. The van der Waals surface area contributed by atoms with Gasteiger partial charge in [0.2, 0.25) is 0 Å². The van der Waals surface area contributed by atoms with Crippen LogP contribution >= 0.6 is 0 Å². The second-order valence-corrected chi connectivity index (χ2v) is 3.77. The molecule has 1 aromatic carbocycles. The Balaban J connectivity index is 2.07. The Labute approximate surface area is 93.9 Å². The molecule has 0 radical (unpaired) electrons. The largest absolute Gasteiger partial charge is 0.377 e. The Morgan fingerprint density at radius 2 is 2.19 bits per heavy atom. The van der Waals surface area contributed by atoms with Crippen LogP contribution < -0.4 is 5.32 Å². The number of aryl methyl sites for hydroxylation is 2. The van der Waals surface area contributed by atoms with Gasteiger partial charge in [-0.15, -0.1) is 0 Å². The van der Waals surface area contributed by atoms with E-state index in [1.807, 2.05) is 25.4 Å². The van der Waals surface area contributed by atoms with Crippen molar-refractivity contribution in [2.24, 2.45) is 7.05 Å². The summed E-state index contributed by atoms with van der Waals surface area (Å²) < 4.78 is 15.3. The minimum Gasteiger partial charge on any atom is -0.377 e. The van der Waals surface area contributed by atoms with E-state index < -0.39 is 0 Å². The fourth-order valence-electron chi connectivity index (χ4n) is 1.53. The number of halogens is 1. The summed E-state index contributed by atoms with van der Waals surface area (Å²) in [6, 6.07) is 7.21. The third-order valence-corrected chi connectivity index (χ3v) is 2.42. The van der Waals surface area contributed by atoms with Crippen LogP contribution in [0.4, 0.5) is 10.1 Å². The van der Waals surface area contributed by atoms with Crippen LogP contribution in [-0.4, -0.2) is 9.78 Å². The van der Waals surface area contributed by atoms with Gasteiger partial charge in [-0.2, -0.15) is 5.10 Å². The summed E-state index contributed by atoms with van der Waals surface area (Å²) in [7, 11) is 1.86. The molecule has 0 spiro atoms. The predicted octanol–water partition coefficient (Wildman–Crippen LogP) is 2.48. The first-order valence-corrected chi connectivity index (χ1v) is 5.14. The Hall–Kier alpha value is -1.84. The molecule has 4 heteroatoms. The molecule has 1 N–H and O–H groups in total. The van der Waals surface area contributed by atoms with Crippen LogP contribution in [0.25, 0.3) is 0 Å². The molecule has 1 aromatic heterocycles. The Bertz CT molecular complexity index is 491. The van der Waals surface area contributed by atoms with Crippen LogP contribution in [0.2, 0.25) is 0 Å². The normalized spacial score (nSPS) is 10.4. The summed E-state index contributed by atoms with van der Waals surface area (Å²) in [6.45, 7) is 2.28. The lowest BCUT2D eigenvalue weighted by molar-refractivity contribution is 0.620. The van der Waals surface area contributed by atoms with Crippen molar-refractivity contribution in [1.82, 2.24) is 9.78 Å². The number of aromatic nitrogens is 2. The quantitative estimate of drug-likeness (QED) is 0.859. The second kappa shape index (κ2) is 4.35. The Morgan fingerprint density at radius 1 is 1.38 bits per heavy atom. The lowest BCUT2D eigenvalue weighted by Gasteiger charge is -2.07. The molecular formula is C12H14FN3. The summed E-state index contributed by atoms with van der Waals surface area (Å²) in [5.74, 6) is -0.196. The van der Waals surface area contributed by atoms with E-state index in [0.717, 1.165) is 5.69 Å². The highest BCUT2D eigenvalue weighted by atomic mass is 19.1. The van der Waals surface area contributed by atoms with Gasteiger partial charge in [0.15, 0.2) is 0 Å². The first kappa shape index (κ1) is 10.7. The van der Waals surface area contributed by atoms with Crippen molar-refractivity contribution >= 4 is 5.69 Å². The third-order valence-electron chi connectivity index (χ3n) is 2.42. The highest BCUT2D eigenvalue weighted by molar-refractivity contribution is 5.47. The fraction of sp³-hybridized carbons (Fsp3) is 0.250. The number of nitrogens with zero attached hydrogens (tertiary/aromatic N) is 2. The van der Waals surface area contributed by atoms with E-state index in [1.54, 1.807) is 23.7 Å². The van der Waals surface area contributed by atoms with Crippen molar-refractivity contribution in [3.8, 4) is 0 Å². The van der Waals surface area contributed by atoms with Crippen molar-refractivity contribution in [2.45, 2.75) is 13.5 Å². The van der Waals surface area contributed by atoms with Crippen LogP contribution in [0.15, 0.2) is 30.5 Å². The van der Waals surface area contributed by atoms with Gasteiger partial charge < -0.3 is 5.32 Å². The molecule has 0 aliphatic rings. The zero-order valence-electron chi connectivity index (χ0n) is 9.37. The van der Waals surface area contributed by atoms with Gasteiger partial charge in [-0.3, -0.25) is 4.68 Å². The van der Waals surface area contributed by atoms with Crippen LogP contribution in [0.3, 0.4) is 0 Å². The summed E-state index contributed by atoms with van der Waals surface area (Å²) in [6.07, 6.45) is 1.86. The maximum Gasteiger partial charge on any atom is 0.149 e. The fourth-order valence-corrected chi connectivity index (χ4v) is 1.53. The molecule has 0 bridgehead atoms. The molecular weight excluding hydrogens is 205 g/mol. The van der Waals surface area contributed by atoms with Crippen LogP contribution in [0.5, 0.6) is 0 Å². The van der Waals surface area contributed by atoms with E-state index >= 15 is 0 Å². The van der Waals surface area contributed by atoms with Crippen molar-refractivity contribution in [2.75, 3.05) is 5.32 Å². The van der Waals surface area contributed by atoms with Crippen molar-refractivity contribution in [1.29, 1.82) is 0 Å². The van der Waals surface area contributed by atoms with Crippen molar-refractivity contribution in [3.05, 3.63) is 47.5 Å². The predicted molar refractivity (Wildman–Crippen MR) is 61.7 cm³/mol. The number of rotatable bonds is 3. The first-order chi connectivity index (χ1) is 7.66. The Morgan fingerprint density at radius 3 is 2.88 bits per heavy atom. The van der Waals surface area contributed by atoms with E-state index in [0.29, 0.717) is 17.8 Å². The van der Waals surface area contributed by atoms with Crippen molar-refractivity contribution in [3.63, 3.8) is 0 Å². The zero-order valence-corrected chi connectivity index (χ0v) is 9.37. The second-order valence-electron chi connectivity index (χ2n) is 3.77. The molecule has 2 aromatic rings. The molecule has 0 aliphatic heterocycles. The zero-order chi connectivity index (χ0) is 11.5. The smallest absolute Gasteiger partial charge is 0.149 e. The molecule has 0 fully saturated rings. The topological polar surface area (TPSA) is 29.9 Å². The van der Waals surface area contributed by atoms with Gasteiger partial charge >= 0.3 is 0 Å². The number of hydrogen-bond acceptors (Lipinski definition) is 2. The highest BCUT2D eigenvalue weighted by Gasteiger charge is 2.04. The van der Waals surface area contributed by atoms with Gasteiger partial charge in [0.25, 0.3) is 0 Å². The first-order valence-electron chi connectivity index (χ1n) is 5.14. The molecule has 1 heterocycles. The summed E-state index contributed by atoms with van der Waals surface area (Å²) >= 11 is 0. The van der Waals surface area contributed by atoms with Crippen molar-refractivity contribution < 1.29 is 4.39 Å². The minimum absolute atomic E-state index is 0.196. The lowest BCUT2D eigenvalue weighted by Crippen LogP contribution is -2.03. The van der Waals surface area contributed by atoms with Gasteiger partial charge in [0, 0.05) is 13.2 Å². The highest BCUT2D eigenvalue weighted by Crippen LogP contribution is 2.17. The molecule has 0 atom stereocenters. The minimum atomic E-state index is -0.196. The standard InChI is InChI=1S/C12H14FN3/c1-9-4-3-5-11(12(9)13)14-8-10-6-7-16(2)15-10/h3-7,14H,8H2,1-2H3. The van der Waals surface area contributed by atoms with Gasteiger partial charge in [-0.25, -0.2) is 4.39 Å². The number of nitrogens with one attached hydrogen (secondary N) is 1. The monoisotopic (exact) mass is 219 g/mol. The summed E-state index contributed by atoms with van der Waals surface area (Å²) in [5, 5.41) is 7.24. The molecule has 0 unspecified atom stereocenters. The van der Waals surface area contributed by atoms with Crippen LogP contribution in [0.1, 0.15) is 11.3 Å². The maximum atomic E-state index is 13.6. The number of anilines is 1. The third kappa shape index (κ3) is 2.21.